The van der Waals surface area contributed by atoms with Crippen LogP contribution in [0, 0.1) is 22.7 Å². The van der Waals surface area contributed by atoms with E-state index in [0.29, 0.717) is 11.1 Å². The second kappa shape index (κ2) is 10.2. The molecule has 5 heteroatoms. The van der Waals surface area contributed by atoms with E-state index < -0.39 is 0 Å². The van der Waals surface area contributed by atoms with Gasteiger partial charge in [0.25, 0.3) is 0 Å². The molecule has 0 aliphatic heterocycles. The van der Waals surface area contributed by atoms with Crippen molar-refractivity contribution in [1.82, 2.24) is 9.13 Å². The van der Waals surface area contributed by atoms with Crippen LogP contribution in [0.25, 0.3) is 88.1 Å². The van der Waals surface area contributed by atoms with E-state index in [0.717, 1.165) is 88.1 Å². The molecule has 7 aromatic carbocycles. The minimum atomic E-state index is 0.569. The van der Waals surface area contributed by atoms with Gasteiger partial charge in [-0.25, -0.2) is 0 Å². The van der Waals surface area contributed by atoms with E-state index in [1.807, 2.05) is 78.9 Å². The van der Waals surface area contributed by atoms with E-state index in [1.165, 1.54) is 0 Å². The second-order valence-electron chi connectivity index (χ2n) is 12.3. The minimum Gasteiger partial charge on any atom is -0.456 e. The molecule has 0 fully saturated rings. The van der Waals surface area contributed by atoms with Crippen molar-refractivity contribution in [3.05, 3.63) is 157 Å². The summed E-state index contributed by atoms with van der Waals surface area (Å²) in [6.07, 6.45) is 0. The highest BCUT2D eigenvalue weighted by Gasteiger charge is 2.21. The Labute approximate surface area is 280 Å². The number of aromatic nitrogens is 2. The number of para-hydroxylation sites is 4. The lowest BCUT2D eigenvalue weighted by Gasteiger charge is -2.15. The SMILES string of the molecule is N#Cc1ccc(-c2ccc(C#N)c(-n3c4ccccc4c4c5c(ccc43)oc3ccccc35)c2)cc1-n1c2ccccc2c2ccccc21. The van der Waals surface area contributed by atoms with Crippen molar-refractivity contribution in [2.75, 3.05) is 0 Å². The molecular formula is C44H24N4O. The molecule has 0 saturated carbocycles. The van der Waals surface area contributed by atoms with Crippen LogP contribution in [-0.2, 0) is 0 Å². The third-order valence-electron chi connectivity index (χ3n) is 9.81. The summed E-state index contributed by atoms with van der Waals surface area (Å²) in [6.45, 7) is 0. The summed E-state index contributed by atoms with van der Waals surface area (Å²) in [5, 5.41) is 27.3. The maximum absolute atomic E-state index is 10.4. The predicted molar refractivity (Wildman–Crippen MR) is 197 cm³/mol. The topological polar surface area (TPSA) is 70.6 Å². The molecule has 0 aliphatic rings. The molecule has 0 radical (unpaired) electrons. The molecule has 3 heterocycles. The van der Waals surface area contributed by atoms with Gasteiger partial charge in [-0.2, -0.15) is 10.5 Å². The molecule has 5 nitrogen and oxygen atoms in total. The molecule has 0 amide bonds. The molecule has 0 unspecified atom stereocenters. The third kappa shape index (κ3) is 3.79. The highest BCUT2D eigenvalue weighted by Crippen LogP contribution is 2.42. The van der Waals surface area contributed by atoms with Crippen LogP contribution in [0.15, 0.2) is 150 Å². The Hall–Kier alpha value is -7.08. The summed E-state index contributed by atoms with van der Waals surface area (Å²) < 4.78 is 10.7. The highest BCUT2D eigenvalue weighted by atomic mass is 16.3. The Morgan fingerprint density at radius 1 is 0.408 bits per heavy atom. The monoisotopic (exact) mass is 624 g/mol. The molecular weight excluding hydrogens is 601 g/mol. The summed E-state index contributed by atoms with van der Waals surface area (Å²) in [5.41, 5.74) is 10.4. The first-order chi connectivity index (χ1) is 24.2. The molecule has 0 saturated heterocycles. The molecule has 10 aromatic rings. The van der Waals surface area contributed by atoms with Crippen molar-refractivity contribution >= 4 is 65.6 Å². The van der Waals surface area contributed by atoms with Gasteiger partial charge in [0.15, 0.2) is 0 Å². The number of hydrogen-bond donors (Lipinski definition) is 0. The van der Waals surface area contributed by atoms with Gasteiger partial charge >= 0.3 is 0 Å². The number of furan rings is 1. The standard InChI is InChI=1S/C44H24N4O/c45-25-29-19-17-27(23-39(29)47-35-13-5-1-9-31(35)32-10-2-6-14-36(32)47)28-18-20-30(26-46)40(24-28)48-37-15-7-3-11-33(37)43-38(48)21-22-42-44(43)34-12-4-8-16-41(34)49-42/h1-24H. The summed E-state index contributed by atoms with van der Waals surface area (Å²) in [4.78, 5) is 0. The van der Waals surface area contributed by atoms with E-state index in [4.69, 9.17) is 4.42 Å². The normalized spacial score (nSPS) is 11.6. The molecule has 0 aliphatic carbocycles. The number of rotatable bonds is 3. The molecule has 0 N–H and O–H groups in total. The summed E-state index contributed by atoms with van der Waals surface area (Å²) in [5.74, 6) is 0. The fourth-order valence-corrected chi connectivity index (χ4v) is 7.70. The van der Waals surface area contributed by atoms with Gasteiger partial charge in [0, 0.05) is 32.3 Å². The Morgan fingerprint density at radius 2 is 0.898 bits per heavy atom. The van der Waals surface area contributed by atoms with Gasteiger partial charge in [-0.3, -0.25) is 0 Å². The molecule has 0 spiro atoms. The first kappa shape index (κ1) is 27.1. The Bertz CT molecular complexity index is 3030. The van der Waals surface area contributed by atoms with Crippen LogP contribution in [0.1, 0.15) is 11.1 Å². The lowest BCUT2D eigenvalue weighted by Crippen LogP contribution is -2.00. The average molecular weight is 625 g/mol. The Balaban J connectivity index is 1.24. The molecule has 226 valence electrons. The van der Waals surface area contributed by atoms with Crippen LogP contribution >= 0.6 is 0 Å². The van der Waals surface area contributed by atoms with E-state index in [9.17, 15) is 10.5 Å². The highest BCUT2D eigenvalue weighted by molar-refractivity contribution is 6.27. The number of benzene rings is 7. The van der Waals surface area contributed by atoms with Crippen LogP contribution in [-0.4, -0.2) is 9.13 Å². The van der Waals surface area contributed by atoms with Crippen molar-refractivity contribution in [3.8, 4) is 34.6 Å². The van der Waals surface area contributed by atoms with Crippen molar-refractivity contribution in [3.63, 3.8) is 0 Å². The van der Waals surface area contributed by atoms with Crippen molar-refractivity contribution in [2.45, 2.75) is 0 Å². The summed E-state index contributed by atoms with van der Waals surface area (Å²) >= 11 is 0. The number of fused-ring (bicyclic) bond motifs is 10. The van der Waals surface area contributed by atoms with Gasteiger partial charge in [-0.15, -0.1) is 0 Å². The van der Waals surface area contributed by atoms with Crippen LogP contribution in [0.5, 0.6) is 0 Å². The van der Waals surface area contributed by atoms with Crippen molar-refractivity contribution in [1.29, 1.82) is 10.5 Å². The van der Waals surface area contributed by atoms with Crippen LogP contribution in [0.4, 0.5) is 0 Å². The van der Waals surface area contributed by atoms with Crippen LogP contribution in [0.2, 0.25) is 0 Å². The zero-order chi connectivity index (χ0) is 32.6. The molecule has 3 aromatic heterocycles. The van der Waals surface area contributed by atoms with E-state index in [1.54, 1.807) is 0 Å². The Morgan fingerprint density at radius 3 is 1.49 bits per heavy atom. The fourth-order valence-electron chi connectivity index (χ4n) is 7.70. The van der Waals surface area contributed by atoms with E-state index in [-0.39, 0.29) is 0 Å². The number of hydrogen-bond acceptors (Lipinski definition) is 3. The zero-order valence-corrected chi connectivity index (χ0v) is 26.1. The predicted octanol–water partition coefficient (Wildman–Crippen LogP) is 11.2. The Kier molecular flexibility index (Phi) is 5.64. The molecule has 0 atom stereocenters. The summed E-state index contributed by atoms with van der Waals surface area (Å²) in [7, 11) is 0. The summed E-state index contributed by atoms with van der Waals surface area (Å²) in [6, 6.07) is 54.1. The molecule has 49 heavy (non-hydrogen) atoms. The minimum absolute atomic E-state index is 0.569. The quantitative estimate of drug-likeness (QED) is 0.196. The first-order valence-electron chi connectivity index (χ1n) is 16.1. The van der Waals surface area contributed by atoms with E-state index >= 15 is 0 Å². The largest absolute Gasteiger partial charge is 0.456 e. The molecule has 0 bridgehead atoms. The van der Waals surface area contributed by atoms with Crippen LogP contribution in [0.3, 0.4) is 0 Å². The van der Waals surface area contributed by atoms with Crippen molar-refractivity contribution < 1.29 is 4.42 Å². The smallest absolute Gasteiger partial charge is 0.136 e. The van der Waals surface area contributed by atoms with Gasteiger partial charge in [-0.05, 0) is 71.8 Å². The van der Waals surface area contributed by atoms with Gasteiger partial charge in [0.1, 0.15) is 23.3 Å². The lowest BCUT2D eigenvalue weighted by atomic mass is 9.99. The van der Waals surface area contributed by atoms with Gasteiger partial charge in [0.05, 0.1) is 44.6 Å². The van der Waals surface area contributed by atoms with Crippen molar-refractivity contribution in [2.24, 2.45) is 0 Å². The fraction of sp³-hybridized carbons (Fsp3) is 0. The lowest BCUT2D eigenvalue weighted by molar-refractivity contribution is 0.669. The third-order valence-corrected chi connectivity index (χ3v) is 9.81. The van der Waals surface area contributed by atoms with E-state index in [2.05, 4.69) is 88.0 Å². The van der Waals surface area contributed by atoms with Gasteiger partial charge < -0.3 is 13.6 Å². The zero-order valence-electron chi connectivity index (χ0n) is 26.1. The maximum atomic E-state index is 10.4. The second-order valence-corrected chi connectivity index (χ2v) is 12.3. The maximum Gasteiger partial charge on any atom is 0.136 e. The first-order valence-corrected chi connectivity index (χ1v) is 16.1. The van der Waals surface area contributed by atoms with Crippen LogP contribution < -0.4 is 0 Å². The van der Waals surface area contributed by atoms with Gasteiger partial charge in [-0.1, -0.05) is 84.9 Å². The number of nitriles is 2. The molecule has 10 rings (SSSR count). The number of nitrogens with zero attached hydrogens (tertiary/aromatic N) is 4. The van der Waals surface area contributed by atoms with Gasteiger partial charge in [0.2, 0.25) is 0 Å². The average Bonchev–Trinajstić information content (AvgIpc) is 3.82.